The van der Waals surface area contributed by atoms with Gasteiger partial charge < -0.3 is 9.84 Å². The summed E-state index contributed by atoms with van der Waals surface area (Å²) in [6.45, 7) is -0.213. The first-order valence-electron chi connectivity index (χ1n) is 11.3. The highest BCUT2D eigenvalue weighted by atomic mass is 35.5. The van der Waals surface area contributed by atoms with Crippen LogP contribution in [0.1, 0.15) is 35.5 Å². The topological polar surface area (TPSA) is 119 Å². The Bertz CT molecular complexity index is 1380. The van der Waals surface area contributed by atoms with E-state index in [2.05, 4.69) is 20.8 Å². The summed E-state index contributed by atoms with van der Waals surface area (Å²) in [4.78, 5) is 23.8. The third kappa shape index (κ3) is 6.51. The molecule has 4 rings (SSSR count). The van der Waals surface area contributed by atoms with Gasteiger partial charge in [0.1, 0.15) is 6.54 Å². The first kappa shape index (κ1) is 26.3. The van der Waals surface area contributed by atoms with Crippen LogP contribution in [0.25, 0.3) is 11.1 Å². The second-order valence-corrected chi connectivity index (χ2v) is 9.00. The first-order valence-corrected chi connectivity index (χ1v) is 12.0. The maximum absolute atomic E-state index is 12.0. The maximum Gasteiger partial charge on any atom is 0.327 e. The number of carboxylic acid groups (broad SMARTS) is 1. The molecule has 37 heavy (non-hydrogen) atoms. The lowest BCUT2D eigenvalue weighted by Crippen LogP contribution is -2.32. The van der Waals surface area contributed by atoms with Crippen molar-refractivity contribution >= 4 is 35.1 Å². The number of hydrogen-bond donors (Lipinski definition) is 2. The minimum absolute atomic E-state index is 0.213. The number of halogens is 2. The van der Waals surface area contributed by atoms with E-state index in [1.54, 1.807) is 18.2 Å². The Kier molecular flexibility index (Phi) is 8.50. The molecule has 9 nitrogen and oxygen atoms in total. The molecule has 0 amide bonds. The van der Waals surface area contributed by atoms with Gasteiger partial charge in [0, 0.05) is 6.04 Å². The van der Waals surface area contributed by atoms with Crippen molar-refractivity contribution in [3.63, 3.8) is 0 Å². The molecular formula is C26H23Cl2N5O4. The van der Waals surface area contributed by atoms with E-state index in [0.717, 1.165) is 16.7 Å². The quantitative estimate of drug-likeness (QED) is 0.278. The van der Waals surface area contributed by atoms with Gasteiger partial charge in [0.15, 0.2) is 5.82 Å². The predicted molar refractivity (Wildman–Crippen MR) is 138 cm³/mol. The smallest absolute Gasteiger partial charge is 0.327 e. The first-order chi connectivity index (χ1) is 17.9. The van der Waals surface area contributed by atoms with Crippen molar-refractivity contribution in [1.29, 1.82) is 0 Å². The number of esters is 1. The van der Waals surface area contributed by atoms with Crippen LogP contribution >= 0.6 is 23.2 Å². The number of ether oxygens (including phenoxy) is 1. The van der Waals surface area contributed by atoms with Crippen LogP contribution in [0.5, 0.6) is 0 Å². The fourth-order valence-corrected chi connectivity index (χ4v) is 4.22. The highest BCUT2D eigenvalue weighted by Crippen LogP contribution is 2.31. The second kappa shape index (κ2) is 12.0. The lowest BCUT2D eigenvalue weighted by Gasteiger charge is -2.25. The Labute approximate surface area is 223 Å². The number of carbonyl (C=O) groups excluding carboxylic acids is 1. The van der Waals surface area contributed by atoms with Gasteiger partial charge in [0.25, 0.3) is 0 Å². The van der Waals surface area contributed by atoms with E-state index < -0.39 is 24.0 Å². The predicted octanol–water partition coefficient (Wildman–Crippen LogP) is 4.71. The summed E-state index contributed by atoms with van der Waals surface area (Å²) in [7, 11) is 1.28. The molecule has 1 heterocycles. The molecule has 190 valence electrons. The summed E-state index contributed by atoms with van der Waals surface area (Å²) >= 11 is 12.3. The molecule has 11 heteroatoms. The van der Waals surface area contributed by atoms with Crippen LogP contribution in [0.2, 0.25) is 10.0 Å². The number of benzene rings is 3. The molecule has 2 N–H and O–H groups in total. The molecule has 1 aromatic heterocycles. The van der Waals surface area contributed by atoms with Crippen LogP contribution in [0.3, 0.4) is 0 Å². The van der Waals surface area contributed by atoms with Gasteiger partial charge in [-0.2, -0.15) is 0 Å². The summed E-state index contributed by atoms with van der Waals surface area (Å²) in [6.07, 6.45) is -0.255. The summed E-state index contributed by atoms with van der Waals surface area (Å²) in [5, 5.41) is 25.5. The molecule has 0 radical (unpaired) electrons. The number of aromatic nitrogens is 4. The minimum Gasteiger partial charge on any atom is -0.481 e. The number of tetrazole rings is 1. The van der Waals surface area contributed by atoms with Crippen LogP contribution in [-0.2, 0) is 20.9 Å². The van der Waals surface area contributed by atoms with Crippen LogP contribution < -0.4 is 5.32 Å². The number of rotatable bonds is 10. The van der Waals surface area contributed by atoms with Crippen LogP contribution in [0.4, 0.5) is 0 Å². The summed E-state index contributed by atoms with van der Waals surface area (Å²) in [5.74, 6) is -1.23. The zero-order valence-corrected chi connectivity index (χ0v) is 21.2. The number of methoxy groups -OCH3 is 1. The highest BCUT2D eigenvalue weighted by Gasteiger charge is 2.28. The van der Waals surface area contributed by atoms with Gasteiger partial charge in [-0.25, -0.2) is 4.68 Å². The van der Waals surface area contributed by atoms with Crippen molar-refractivity contribution in [3.05, 3.63) is 99.8 Å². The van der Waals surface area contributed by atoms with E-state index in [0.29, 0.717) is 21.4 Å². The summed E-state index contributed by atoms with van der Waals surface area (Å²) in [5.41, 5.74) is 3.43. The number of hydrogen-bond acceptors (Lipinski definition) is 7. The third-order valence-corrected chi connectivity index (χ3v) is 6.51. The highest BCUT2D eigenvalue weighted by molar-refractivity contribution is 6.42. The van der Waals surface area contributed by atoms with Crippen LogP contribution in [-0.4, -0.2) is 44.4 Å². The number of nitrogens with one attached hydrogen (secondary N) is 1. The molecule has 3 aromatic carbocycles. The molecule has 0 bridgehead atoms. The Hall–Kier alpha value is -3.79. The van der Waals surface area contributed by atoms with Gasteiger partial charge in [-0.15, -0.1) is 5.10 Å². The Morgan fingerprint density at radius 1 is 0.973 bits per heavy atom. The number of aliphatic carboxylic acids is 1. The van der Waals surface area contributed by atoms with E-state index in [4.69, 9.17) is 27.9 Å². The number of carboxylic acids is 1. The molecule has 0 saturated heterocycles. The third-order valence-electron chi connectivity index (χ3n) is 5.77. The van der Waals surface area contributed by atoms with Crippen molar-refractivity contribution in [2.45, 2.75) is 25.0 Å². The van der Waals surface area contributed by atoms with Gasteiger partial charge in [0.2, 0.25) is 0 Å². The van der Waals surface area contributed by atoms with Gasteiger partial charge in [-0.1, -0.05) is 83.9 Å². The van der Waals surface area contributed by atoms with Crippen molar-refractivity contribution < 1.29 is 19.4 Å². The Balaban J connectivity index is 1.75. The van der Waals surface area contributed by atoms with E-state index in [9.17, 15) is 14.7 Å². The molecule has 0 aliphatic carbocycles. The van der Waals surface area contributed by atoms with Gasteiger partial charge in [-0.3, -0.25) is 14.9 Å². The average Bonchev–Trinajstić information content (AvgIpc) is 3.36. The van der Waals surface area contributed by atoms with E-state index >= 15 is 0 Å². The molecule has 4 aromatic rings. The lowest BCUT2D eigenvalue weighted by atomic mass is 9.97. The summed E-state index contributed by atoms with van der Waals surface area (Å²) < 4.78 is 6.10. The fourth-order valence-electron chi connectivity index (χ4n) is 3.91. The van der Waals surface area contributed by atoms with Gasteiger partial charge in [0.05, 0.1) is 29.6 Å². The molecular weight excluding hydrogens is 517 g/mol. The molecule has 0 aliphatic rings. The SMILES string of the molecule is COC(=O)Cn1nnnc1C(NC(CC(=O)O)c1ccc(Cl)c(Cl)c1)c1ccc(-c2ccccc2)cc1. The summed E-state index contributed by atoms with van der Waals surface area (Å²) in [6, 6.07) is 21.2. The van der Waals surface area contributed by atoms with Gasteiger partial charge in [-0.05, 0) is 44.8 Å². The Morgan fingerprint density at radius 2 is 1.65 bits per heavy atom. The molecule has 0 fully saturated rings. The van der Waals surface area contributed by atoms with Gasteiger partial charge >= 0.3 is 11.9 Å². The fraction of sp³-hybridized carbons (Fsp3) is 0.192. The molecule has 0 spiro atoms. The monoisotopic (exact) mass is 539 g/mol. The molecule has 2 atom stereocenters. The minimum atomic E-state index is -1.02. The Morgan fingerprint density at radius 3 is 2.30 bits per heavy atom. The number of nitrogens with zero attached hydrogens (tertiary/aromatic N) is 4. The van der Waals surface area contributed by atoms with E-state index in [1.165, 1.54) is 11.8 Å². The number of carbonyl (C=O) groups is 2. The lowest BCUT2D eigenvalue weighted by molar-refractivity contribution is -0.141. The molecule has 0 saturated carbocycles. The van der Waals surface area contributed by atoms with Crippen molar-refractivity contribution in [2.75, 3.05) is 7.11 Å². The van der Waals surface area contributed by atoms with Crippen LogP contribution in [0, 0.1) is 0 Å². The second-order valence-electron chi connectivity index (χ2n) is 8.18. The van der Waals surface area contributed by atoms with Crippen LogP contribution in [0.15, 0.2) is 72.8 Å². The maximum atomic E-state index is 12.0. The largest absolute Gasteiger partial charge is 0.481 e. The van der Waals surface area contributed by atoms with Crippen molar-refractivity contribution in [3.8, 4) is 11.1 Å². The standard InChI is InChI=1S/C26H23Cl2N5O4/c1-37-24(36)15-33-26(30-31-32-33)25(18-9-7-17(8-10-18)16-5-3-2-4-6-16)29-22(14-23(34)35)19-11-12-20(27)21(28)13-19/h2-13,22,25,29H,14-15H2,1H3,(H,34,35). The average molecular weight is 540 g/mol. The van der Waals surface area contributed by atoms with E-state index in [-0.39, 0.29) is 13.0 Å². The molecule has 2 unspecified atom stereocenters. The molecule has 0 aliphatic heterocycles. The normalized spacial score (nSPS) is 12.6. The zero-order chi connectivity index (χ0) is 26.4. The van der Waals surface area contributed by atoms with E-state index in [1.807, 2.05) is 54.6 Å². The zero-order valence-electron chi connectivity index (χ0n) is 19.7. The van der Waals surface area contributed by atoms with Crippen molar-refractivity contribution in [2.24, 2.45) is 0 Å². The van der Waals surface area contributed by atoms with Crippen molar-refractivity contribution in [1.82, 2.24) is 25.5 Å².